The maximum Gasteiger partial charge on any atom is 0.191 e. The Hall–Kier alpha value is 0.0569. The monoisotopic (exact) mass is 290 g/mol. The van der Waals surface area contributed by atoms with Crippen molar-refractivity contribution in [2.75, 3.05) is 13.2 Å². The Morgan fingerprint density at radius 1 is 1.32 bits per heavy atom. The number of ether oxygens (including phenoxy) is 2. The molecule has 19 heavy (non-hydrogen) atoms. The van der Waals surface area contributed by atoms with Crippen LogP contribution < -0.4 is 0 Å². The minimum Gasteiger partial charge on any atom is -0.417 e. The van der Waals surface area contributed by atoms with Gasteiger partial charge in [0.25, 0.3) is 0 Å². The summed E-state index contributed by atoms with van der Waals surface area (Å²) in [5.41, 5.74) is 0. The molecule has 0 spiro atoms. The van der Waals surface area contributed by atoms with E-state index in [1.165, 1.54) is 0 Å². The number of hydrogen-bond acceptors (Lipinski definition) is 4. The minimum absolute atomic E-state index is 0.200. The van der Waals surface area contributed by atoms with Gasteiger partial charge in [0.2, 0.25) is 0 Å². The molecular formula is C14H30O4Si. The molecule has 0 radical (unpaired) electrons. The van der Waals surface area contributed by atoms with Crippen LogP contribution in [0.2, 0.25) is 18.1 Å². The fourth-order valence-electron chi connectivity index (χ4n) is 1.77. The highest BCUT2D eigenvalue weighted by molar-refractivity contribution is 6.74. The normalized spacial score (nSPS) is 28.4. The zero-order valence-electron chi connectivity index (χ0n) is 13.4. The molecule has 0 aromatic carbocycles. The fraction of sp³-hybridized carbons (Fsp3) is 1.00. The Labute approximate surface area is 118 Å². The zero-order valence-corrected chi connectivity index (χ0v) is 14.4. The Morgan fingerprint density at radius 2 is 1.89 bits per heavy atom. The molecule has 1 fully saturated rings. The number of aliphatic hydroxyl groups is 1. The smallest absolute Gasteiger partial charge is 0.191 e. The van der Waals surface area contributed by atoms with Gasteiger partial charge < -0.3 is 19.0 Å². The Kier molecular flexibility index (Phi) is 5.24. The first kappa shape index (κ1) is 17.1. The van der Waals surface area contributed by atoms with Crippen molar-refractivity contribution in [1.29, 1.82) is 0 Å². The molecule has 1 aliphatic heterocycles. The Bertz CT molecular complexity index is 296. The van der Waals surface area contributed by atoms with E-state index in [9.17, 15) is 5.11 Å². The SMILES string of the molecule is CC1(C)OC[C@H](O)[C@@H](CCO[Si](C)(C)C(C)(C)C)O1. The second-order valence-corrected chi connectivity index (χ2v) is 12.1. The van der Waals surface area contributed by atoms with E-state index >= 15 is 0 Å². The van der Waals surface area contributed by atoms with Gasteiger partial charge in [-0.3, -0.25) is 0 Å². The Balaban J connectivity index is 2.44. The van der Waals surface area contributed by atoms with E-state index in [0.29, 0.717) is 19.6 Å². The van der Waals surface area contributed by atoms with Crippen molar-refractivity contribution in [3.05, 3.63) is 0 Å². The predicted octanol–water partition coefficient (Wildman–Crippen LogP) is 2.91. The molecule has 2 atom stereocenters. The molecule has 1 N–H and O–H groups in total. The summed E-state index contributed by atoms with van der Waals surface area (Å²) in [4.78, 5) is 0. The van der Waals surface area contributed by atoms with Crippen molar-refractivity contribution < 1.29 is 19.0 Å². The first-order chi connectivity index (χ1) is 8.45. The average Bonchev–Trinajstić information content (AvgIpc) is 2.21. The van der Waals surface area contributed by atoms with Crippen LogP contribution in [-0.2, 0) is 13.9 Å². The van der Waals surface area contributed by atoms with Crippen LogP contribution in [0.4, 0.5) is 0 Å². The minimum atomic E-state index is -1.72. The van der Waals surface area contributed by atoms with Gasteiger partial charge >= 0.3 is 0 Å². The highest BCUT2D eigenvalue weighted by Crippen LogP contribution is 2.36. The van der Waals surface area contributed by atoms with Crippen LogP contribution in [0.3, 0.4) is 0 Å². The molecule has 5 heteroatoms. The molecule has 1 rings (SSSR count). The molecule has 0 unspecified atom stereocenters. The van der Waals surface area contributed by atoms with Crippen LogP contribution in [0, 0.1) is 0 Å². The van der Waals surface area contributed by atoms with Crippen molar-refractivity contribution in [2.45, 2.75) is 77.2 Å². The van der Waals surface area contributed by atoms with Gasteiger partial charge in [0.15, 0.2) is 14.1 Å². The average molecular weight is 290 g/mol. The molecule has 0 amide bonds. The van der Waals surface area contributed by atoms with E-state index in [2.05, 4.69) is 33.9 Å². The van der Waals surface area contributed by atoms with E-state index < -0.39 is 20.2 Å². The summed E-state index contributed by atoms with van der Waals surface area (Å²) in [5, 5.41) is 10.1. The highest BCUT2D eigenvalue weighted by atomic mass is 28.4. The summed E-state index contributed by atoms with van der Waals surface area (Å²) in [6.07, 6.45) is -0.0509. The molecule has 1 saturated heterocycles. The molecule has 0 aliphatic carbocycles. The lowest BCUT2D eigenvalue weighted by molar-refractivity contribution is -0.305. The van der Waals surface area contributed by atoms with E-state index in [1.54, 1.807) is 0 Å². The standard InChI is InChI=1S/C14H30O4Si/c1-13(2,3)19(6,7)17-9-8-12-11(15)10-16-14(4,5)18-12/h11-12,15H,8-10H2,1-7H3/t11-,12+/m0/s1. The van der Waals surface area contributed by atoms with Crippen LogP contribution in [-0.4, -0.2) is 44.6 Å². The molecule has 0 bridgehead atoms. The van der Waals surface area contributed by atoms with Crippen molar-refractivity contribution in [3.63, 3.8) is 0 Å². The number of rotatable bonds is 4. The first-order valence-electron chi connectivity index (χ1n) is 7.08. The second-order valence-electron chi connectivity index (χ2n) is 7.33. The quantitative estimate of drug-likeness (QED) is 0.809. The summed E-state index contributed by atoms with van der Waals surface area (Å²) in [5.74, 6) is -0.610. The van der Waals surface area contributed by atoms with Crippen LogP contribution in [0.15, 0.2) is 0 Å². The molecule has 0 aromatic heterocycles. The summed E-state index contributed by atoms with van der Waals surface area (Å²) < 4.78 is 17.3. The molecular weight excluding hydrogens is 260 g/mol. The Morgan fingerprint density at radius 3 is 2.42 bits per heavy atom. The van der Waals surface area contributed by atoms with Gasteiger partial charge in [-0.05, 0) is 38.4 Å². The van der Waals surface area contributed by atoms with Crippen molar-refractivity contribution in [1.82, 2.24) is 0 Å². The van der Waals surface area contributed by atoms with Crippen LogP contribution >= 0.6 is 0 Å². The largest absolute Gasteiger partial charge is 0.417 e. The van der Waals surface area contributed by atoms with E-state index in [1.807, 2.05) is 13.8 Å². The first-order valence-corrected chi connectivity index (χ1v) is 9.99. The third-order valence-corrected chi connectivity index (χ3v) is 8.68. The third kappa shape index (κ3) is 4.83. The van der Waals surface area contributed by atoms with Gasteiger partial charge in [-0.25, -0.2) is 0 Å². The van der Waals surface area contributed by atoms with Gasteiger partial charge in [0.05, 0.1) is 12.7 Å². The summed E-state index contributed by atoms with van der Waals surface area (Å²) in [6, 6.07) is 0. The van der Waals surface area contributed by atoms with Gasteiger partial charge in [0, 0.05) is 6.61 Å². The van der Waals surface area contributed by atoms with Gasteiger partial charge in [0.1, 0.15) is 6.10 Å². The molecule has 4 nitrogen and oxygen atoms in total. The highest BCUT2D eigenvalue weighted by Gasteiger charge is 2.39. The predicted molar refractivity (Wildman–Crippen MR) is 78.7 cm³/mol. The topological polar surface area (TPSA) is 47.9 Å². The van der Waals surface area contributed by atoms with Crippen molar-refractivity contribution >= 4 is 8.32 Å². The summed E-state index contributed by atoms with van der Waals surface area (Å²) >= 11 is 0. The zero-order chi connectivity index (χ0) is 14.9. The van der Waals surface area contributed by atoms with Crippen molar-refractivity contribution in [3.8, 4) is 0 Å². The lowest BCUT2D eigenvalue weighted by Crippen LogP contribution is -2.49. The molecule has 1 aliphatic rings. The van der Waals surface area contributed by atoms with E-state index in [4.69, 9.17) is 13.9 Å². The second kappa shape index (κ2) is 5.82. The van der Waals surface area contributed by atoms with E-state index in [0.717, 1.165) is 0 Å². The lowest BCUT2D eigenvalue weighted by atomic mass is 10.1. The number of aliphatic hydroxyl groups excluding tert-OH is 1. The maximum absolute atomic E-state index is 9.90. The van der Waals surface area contributed by atoms with Gasteiger partial charge in [-0.1, -0.05) is 20.8 Å². The van der Waals surface area contributed by atoms with Crippen molar-refractivity contribution in [2.24, 2.45) is 0 Å². The van der Waals surface area contributed by atoms with Gasteiger partial charge in [-0.2, -0.15) is 0 Å². The molecule has 114 valence electrons. The third-order valence-electron chi connectivity index (χ3n) is 4.14. The van der Waals surface area contributed by atoms with Crippen LogP contribution in [0.1, 0.15) is 41.0 Å². The summed E-state index contributed by atoms with van der Waals surface area (Å²) in [7, 11) is -1.72. The maximum atomic E-state index is 9.90. The number of hydrogen-bond donors (Lipinski definition) is 1. The van der Waals surface area contributed by atoms with E-state index in [-0.39, 0.29) is 11.1 Å². The lowest BCUT2D eigenvalue weighted by Gasteiger charge is -2.40. The van der Waals surface area contributed by atoms with Gasteiger partial charge in [-0.15, -0.1) is 0 Å². The van der Waals surface area contributed by atoms with Crippen LogP contribution in [0.5, 0.6) is 0 Å². The molecule has 0 aromatic rings. The van der Waals surface area contributed by atoms with Crippen LogP contribution in [0.25, 0.3) is 0 Å². The fourth-order valence-corrected chi connectivity index (χ4v) is 2.83. The summed E-state index contributed by atoms with van der Waals surface area (Å²) in [6.45, 7) is 15.9. The molecule has 0 saturated carbocycles. The molecule has 1 heterocycles.